The summed E-state index contributed by atoms with van der Waals surface area (Å²) in [6.07, 6.45) is 5.65. The largest absolute Gasteiger partial charge is 0.373 e. The molecule has 0 aliphatic carbocycles. The molecule has 27 heavy (non-hydrogen) atoms. The number of benzene rings is 1. The van der Waals surface area contributed by atoms with Gasteiger partial charge in [-0.3, -0.25) is 9.78 Å². The van der Waals surface area contributed by atoms with E-state index < -0.39 is 0 Å². The van der Waals surface area contributed by atoms with Gasteiger partial charge >= 0.3 is 0 Å². The van der Waals surface area contributed by atoms with E-state index >= 15 is 0 Å². The lowest BCUT2D eigenvalue weighted by Gasteiger charge is -2.36. The molecule has 1 aliphatic heterocycles. The number of hydrogen-bond donors (Lipinski definition) is 0. The van der Waals surface area contributed by atoms with Gasteiger partial charge < -0.3 is 14.7 Å². The highest BCUT2D eigenvalue weighted by atomic mass is 19.1. The Balaban J connectivity index is 1.63. The minimum atomic E-state index is -0.218. The van der Waals surface area contributed by atoms with Gasteiger partial charge in [0.25, 0.3) is 5.91 Å². The second-order valence-corrected chi connectivity index (χ2v) is 6.94. The fraction of sp³-hybridized carbons (Fsp3) is 0.429. The number of para-hydroxylation sites is 1. The van der Waals surface area contributed by atoms with Gasteiger partial charge in [0.15, 0.2) is 0 Å². The van der Waals surface area contributed by atoms with Gasteiger partial charge in [-0.1, -0.05) is 25.5 Å². The monoisotopic (exact) mass is 370 g/mol. The predicted octanol–water partition coefficient (Wildman–Crippen LogP) is 3.42. The number of aromatic nitrogens is 1. The van der Waals surface area contributed by atoms with Crippen LogP contribution < -0.4 is 9.80 Å². The topological polar surface area (TPSA) is 39.7 Å². The number of pyridine rings is 1. The van der Waals surface area contributed by atoms with Crippen LogP contribution in [0.15, 0.2) is 42.7 Å². The average molecular weight is 370 g/mol. The number of anilines is 2. The second kappa shape index (κ2) is 8.84. The SMILES string of the molecule is CCCCN(C)c1cncc(C(=O)N2CCN(c3ccccc3F)CC2)c1. The number of carbonyl (C=O) groups excluding carboxylic acids is 1. The molecule has 1 amide bonds. The summed E-state index contributed by atoms with van der Waals surface area (Å²) in [7, 11) is 2.02. The standard InChI is InChI=1S/C21H27FN4O/c1-3-4-9-24(2)18-14-17(15-23-16-18)21(27)26-12-10-25(11-13-26)20-8-6-5-7-19(20)22/h5-8,14-16H,3-4,9-13H2,1-2H3. The molecule has 6 heteroatoms. The molecule has 5 nitrogen and oxygen atoms in total. The smallest absolute Gasteiger partial charge is 0.255 e. The second-order valence-electron chi connectivity index (χ2n) is 6.94. The van der Waals surface area contributed by atoms with Crippen LogP contribution in [0.5, 0.6) is 0 Å². The maximum atomic E-state index is 14.0. The van der Waals surface area contributed by atoms with Crippen LogP contribution in [0.1, 0.15) is 30.1 Å². The van der Waals surface area contributed by atoms with Gasteiger partial charge in [0.1, 0.15) is 5.82 Å². The highest BCUT2D eigenvalue weighted by Gasteiger charge is 2.24. The molecule has 0 bridgehead atoms. The van der Waals surface area contributed by atoms with Crippen molar-refractivity contribution in [3.05, 3.63) is 54.1 Å². The van der Waals surface area contributed by atoms with Gasteiger partial charge in [0.05, 0.1) is 23.1 Å². The van der Waals surface area contributed by atoms with E-state index in [2.05, 4.69) is 16.8 Å². The zero-order chi connectivity index (χ0) is 19.2. The van der Waals surface area contributed by atoms with E-state index in [0.29, 0.717) is 37.4 Å². The lowest BCUT2D eigenvalue weighted by atomic mass is 10.2. The summed E-state index contributed by atoms with van der Waals surface area (Å²) < 4.78 is 14.0. The van der Waals surface area contributed by atoms with E-state index in [9.17, 15) is 9.18 Å². The molecular formula is C21H27FN4O. The summed E-state index contributed by atoms with van der Waals surface area (Å²) in [5.74, 6) is -0.231. The van der Waals surface area contributed by atoms with Crippen molar-refractivity contribution in [2.24, 2.45) is 0 Å². The molecule has 1 aromatic carbocycles. The number of unbranched alkanes of at least 4 members (excludes halogenated alkanes) is 1. The van der Waals surface area contributed by atoms with Crippen molar-refractivity contribution in [1.82, 2.24) is 9.88 Å². The van der Waals surface area contributed by atoms with Gasteiger partial charge in [-0.2, -0.15) is 0 Å². The van der Waals surface area contributed by atoms with E-state index in [1.165, 1.54) is 6.07 Å². The zero-order valence-electron chi connectivity index (χ0n) is 16.1. The summed E-state index contributed by atoms with van der Waals surface area (Å²) in [5, 5.41) is 0. The van der Waals surface area contributed by atoms with Crippen molar-refractivity contribution in [3.63, 3.8) is 0 Å². The lowest BCUT2D eigenvalue weighted by molar-refractivity contribution is 0.0746. The maximum Gasteiger partial charge on any atom is 0.255 e. The normalized spacial score (nSPS) is 14.3. The quantitative estimate of drug-likeness (QED) is 0.781. The van der Waals surface area contributed by atoms with Crippen molar-refractivity contribution in [2.45, 2.75) is 19.8 Å². The minimum Gasteiger partial charge on any atom is -0.373 e. The summed E-state index contributed by atoms with van der Waals surface area (Å²) in [4.78, 5) is 23.1. The summed E-state index contributed by atoms with van der Waals surface area (Å²) in [5.41, 5.74) is 2.17. The van der Waals surface area contributed by atoms with E-state index in [-0.39, 0.29) is 11.7 Å². The molecule has 0 spiro atoms. The van der Waals surface area contributed by atoms with Crippen LogP contribution in [0.25, 0.3) is 0 Å². The number of amides is 1. The first kappa shape index (κ1) is 19.1. The zero-order valence-corrected chi connectivity index (χ0v) is 16.1. The Morgan fingerprint density at radius 1 is 1.19 bits per heavy atom. The molecule has 2 heterocycles. The molecule has 0 radical (unpaired) electrons. The Bertz CT molecular complexity index is 774. The molecule has 3 rings (SSSR count). The van der Waals surface area contributed by atoms with Gasteiger partial charge in [-0.15, -0.1) is 0 Å². The van der Waals surface area contributed by atoms with Crippen molar-refractivity contribution >= 4 is 17.3 Å². The minimum absolute atomic E-state index is 0.0126. The van der Waals surface area contributed by atoms with Crippen molar-refractivity contribution < 1.29 is 9.18 Å². The third kappa shape index (κ3) is 4.56. The highest BCUT2D eigenvalue weighted by molar-refractivity contribution is 5.95. The van der Waals surface area contributed by atoms with Crippen molar-refractivity contribution in [2.75, 3.05) is 49.6 Å². The number of piperazine rings is 1. The molecule has 1 fully saturated rings. The van der Waals surface area contributed by atoms with Gasteiger partial charge in [-0.25, -0.2) is 4.39 Å². The van der Waals surface area contributed by atoms with E-state index in [4.69, 9.17) is 0 Å². The molecule has 0 unspecified atom stereocenters. The number of nitrogens with zero attached hydrogens (tertiary/aromatic N) is 4. The first-order valence-corrected chi connectivity index (χ1v) is 9.55. The molecule has 0 N–H and O–H groups in total. The molecule has 144 valence electrons. The molecule has 0 atom stereocenters. The van der Waals surface area contributed by atoms with Crippen LogP contribution >= 0.6 is 0 Å². The number of carbonyl (C=O) groups is 1. The van der Waals surface area contributed by atoms with E-state index in [0.717, 1.165) is 25.1 Å². The third-order valence-corrected chi connectivity index (χ3v) is 5.02. The lowest BCUT2D eigenvalue weighted by Crippen LogP contribution is -2.49. The maximum absolute atomic E-state index is 14.0. The Morgan fingerprint density at radius 2 is 1.93 bits per heavy atom. The first-order chi connectivity index (χ1) is 13.1. The van der Waals surface area contributed by atoms with E-state index in [1.807, 2.05) is 29.0 Å². The number of hydrogen-bond acceptors (Lipinski definition) is 4. The van der Waals surface area contributed by atoms with Crippen LogP contribution in [-0.4, -0.2) is 55.6 Å². The van der Waals surface area contributed by atoms with Gasteiger partial charge in [-0.05, 0) is 24.6 Å². The Morgan fingerprint density at radius 3 is 2.63 bits per heavy atom. The first-order valence-electron chi connectivity index (χ1n) is 9.55. The van der Waals surface area contributed by atoms with Crippen LogP contribution in [0, 0.1) is 5.82 Å². The van der Waals surface area contributed by atoms with Crippen molar-refractivity contribution in [1.29, 1.82) is 0 Å². The average Bonchev–Trinajstić information content (AvgIpc) is 2.72. The molecule has 2 aromatic rings. The van der Waals surface area contributed by atoms with Crippen LogP contribution in [0.2, 0.25) is 0 Å². The number of rotatable bonds is 6. The van der Waals surface area contributed by atoms with Crippen molar-refractivity contribution in [3.8, 4) is 0 Å². The Hall–Kier alpha value is -2.63. The van der Waals surface area contributed by atoms with Crippen LogP contribution in [0.4, 0.5) is 15.8 Å². The van der Waals surface area contributed by atoms with Gasteiger partial charge in [0.2, 0.25) is 0 Å². The number of halogens is 1. The Kier molecular flexibility index (Phi) is 6.27. The molecule has 1 aliphatic rings. The summed E-state index contributed by atoms with van der Waals surface area (Å²) in [6.45, 7) is 5.49. The molecule has 0 saturated carbocycles. The van der Waals surface area contributed by atoms with Crippen LogP contribution in [-0.2, 0) is 0 Å². The van der Waals surface area contributed by atoms with E-state index in [1.54, 1.807) is 24.5 Å². The van der Waals surface area contributed by atoms with Gasteiger partial charge in [0, 0.05) is 46.0 Å². The predicted molar refractivity (Wildman–Crippen MR) is 107 cm³/mol. The molecule has 1 aromatic heterocycles. The highest BCUT2D eigenvalue weighted by Crippen LogP contribution is 2.21. The fourth-order valence-electron chi connectivity index (χ4n) is 3.32. The summed E-state index contributed by atoms with van der Waals surface area (Å²) in [6, 6.07) is 8.69. The third-order valence-electron chi connectivity index (χ3n) is 5.02. The fourth-order valence-corrected chi connectivity index (χ4v) is 3.32. The molecule has 1 saturated heterocycles. The Labute approximate surface area is 160 Å². The van der Waals surface area contributed by atoms with Crippen LogP contribution in [0.3, 0.4) is 0 Å². The summed E-state index contributed by atoms with van der Waals surface area (Å²) >= 11 is 0. The molecular weight excluding hydrogens is 343 g/mol.